The van der Waals surface area contributed by atoms with E-state index >= 15 is 0 Å². The minimum Gasteiger partial charge on any atom is -0.299 e. The van der Waals surface area contributed by atoms with Crippen molar-refractivity contribution in [3.63, 3.8) is 0 Å². The number of ketones is 1. The molecule has 2 rings (SSSR count). The lowest BCUT2D eigenvalue weighted by Crippen LogP contribution is -2.25. The lowest BCUT2D eigenvalue weighted by Gasteiger charge is -2.22. The van der Waals surface area contributed by atoms with E-state index in [1.807, 2.05) is 45.0 Å². The van der Waals surface area contributed by atoms with Gasteiger partial charge in [-0.1, -0.05) is 44.5 Å². The van der Waals surface area contributed by atoms with Crippen LogP contribution in [0.5, 0.6) is 0 Å². The van der Waals surface area contributed by atoms with Gasteiger partial charge in [0.1, 0.15) is 18.4 Å². The minimum atomic E-state index is -0.370. The predicted octanol–water partition coefficient (Wildman–Crippen LogP) is 3.53. The number of nitrogens with zero attached hydrogens (tertiary/aromatic N) is 3. The monoisotopic (exact) mass is 291 g/mol. The van der Waals surface area contributed by atoms with E-state index in [1.165, 1.54) is 6.33 Å². The number of rotatable bonds is 4. The van der Waals surface area contributed by atoms with Crippen molar-refractivity contribution in [2.75, 3.05) is 0 Å². The summed E-state index contributed by atoms with van der Waals surface area (Å²) in [6.07, 6.45) is 3.49. The molecular weight excluding hydrogens is 274 g/mol. The van der Waals surface area contributed by atoms with Crippen LogP contribution in [0.1, 0.15) is 38.8 Å². The molecule has 0 amide bonds. The van der Waals surface area contributed by atoms with E-state index in [4.69, 9.17) is 11.6 Å². The second-order valence-electron chi connectivity index (χ2n) is 5.82. The van der Waals surface area contributed by atoms with Crippen LogP contribution in [0.3, 0.4) is 0 Å². The maximum atomic E-state index is 12.3. The predicted molar refractivity (Wildman–Crippen MR) is 78.7 cm³/mol. The highest BCUT2D eigenvalue weighted by molar-refractivity contribution is 6.30. The Balaban J connectivity index is 2.31. The molecule has 20 heavy (non-hydrogen) atoms. The van der Waals surface area contributed by atoms with Crippen LogP contribution in [-0.2, 0) is 4.79 Å². The van der Waals surface area contributed by atoms with Gasteiger partial charge in [-0.15, -0.1) is 0 Å². The minimum absolute atomic E-state index is 0.151. The van der Waals surface area contributed by atoms with E-state index in [2.05, 4.69) is 10.1 Å². The molecule has 106 valence electrons. The number of aromatic nitrogens is 3. The first-order chi connectivity index (χ1) is 9.38. The maximum absolute atomic E-state index is 12.3. The summed E-state index contributed by atoms with van der Waals surface area (Å²) in [6.45, 7) is 5.78. The molecule has 0 saturated carbocycles. The summed E-state index contributed by atoms with van der Waals surface area (Å²) in [5, 5.41) is 4.85. The first-order valence-corrected chi connectivity index (χ1v) is 6.88. The number of hydrogen-bond acceptors (Lipinski definition) is 3. The summed E-state index contributed by atoms with van der Waals surface area (Å²) >= 11 is 5.92. The molecule has 5 heteroatoms. The molecule has 0 aliphatic rings. The summed E-state index contributed by atoms with van der Waals surface area (Å²) in [6, 6.07) is 7.33. The van der Waals surface area contributed by atoms with Crippen molar-refractivity contribution >= 4 is 17.4 Å². The molecular formula is C15H18ClN3O. The van der Waals surface area contributed by atoms with Gasteiger partial charge in [-0.3, -0.25) is 4.79 Å². The highest BCUT2D eigenvalue weighted by atomic mass is 35.5. The van der Waals surface area contributed by atoms with Gasteiger partial charge in [0, 0.05) is 16.9 Å². The number of Topliss-reactive ketones (excluding diaryl/α,β-unsaturated/α-hetero) is 1. The molecule has 0 saturated heterocycles. The quantitative estimate of drug-likeness (QED) is 0.866. The van der Waals surface area contributed by atoms with E-state index in [0.29, 0.717) is 11.4 Å². The van der Waals surface area contributed by atoms with Crippen molar-refractivity contribution < 1.29 is 4.79 Å². The standard InChI is InChI=1S/C15H18ClN3O/c1-15(2,3)14(20)8-13(19-10-17-9-18-19)11-4-6-12(16)7-5-11/h4-7,9-10,13H,8H2,1-3H3. The van der Waals surface area contributed by atoms with Crippen LogP contribution in [-0.4, -0.2) is 20.5 Å². The number of halogens is 1. The topological polar surface area (TPSA) is 47.8 Å². The molecule has 0 spiro atoms. The van der Waals surface area contributed by atoms with Crippen LogP contribution >= 0.6 is 11.6 Å². The second-order valence-corrected chi connectivity index (χ2v) is 6.26. The van der Waals surface area contributed by atoms with Gasteiger partial charge in [0.15, 0.2) is 0 Å². The molecule has 1 aromatic heterocycles. The molecule has 1 heterocycles. The Morgan fingerprint density at radius 3 is 2.45 bits per heavy atom. The van der Waals surface area contributed by atoms with E-state index in [9.17, 15) is 4.79 Å². The molecule has 0 N–H and O–H groups in total. The molecule has 4 nitrogen and oxygen atoms in total. The van der Waals surface area contributed by atoms with Gasteiger partial charge < -0.3 is 0 Å². The fourth-order valence-corrected chi connectivity index (χ4v) is 2.04. The van der Waals surface area contributed by atoms with Crippen LogP contribution < -0.4 is 0 Å². The Hall–Kier alpha value is -1.68. The molecule has 1 atom stereocenters. The summed E-state index contributed by atoms with van der Waals surface area (Å²) in [7, 11) is 0. The lowest BCUT2D eigenvalue weighted by molar-refractivity contribution is -0.126. The average Bonchev–Trinajstić information content (AvgIpc) is 2.89. The summed E-state index contributed by atoms with van der Waals surface area (Å²) in [5.74, 6) is 0.188. The van der Waals surface area contributed by atoms with Crippen LogP contribution in [0.15, 0.2) is 36.9 Å². The molecule has 0 bridgehead atoms. The zero-order valence-corrected chi connectivity index (χ0v) is 12.6. The van der Waals surface area contributed by atoms with Crippen LogP contribution in [0.25, 0.3) is 0 Å². The number of carbonyl (C=O) groups is 1. The molecule has 0 aliphatic carbocycles. The van der Waals surface area contributed by atoms with Gasteiger partial charge in [0.05, 0.1) is 6.04 Å². The van der Waals surface area contributed by atoms with Crippen LogP contribution in [0.4, 0.5) is 0 Å². The summed E-state index contributed by atoms with van der Waals surface area (Å²) in [4.78, 5) is 16.3. The Bertz CT molecular complexity index is 570. The third-order valence-electron chi connectivity index (χ3n) is 3.23. The third-order valence-corrected chi connectivity index (χ3v) is 3.48. The fraction of sp³-hybridized carbons (Fsp3) is 0.400. The highest BCUT2D eigenvalue weighted by Crippen LogP contribution is 2.27. The van der Waals surface area contributed by atoms with Crippen molar-refractivity contribution in [3.8, 4) is 0 Å². The molecule has 1 aromatic carbocycles. The van der Waals surface area contributed by atoms with Crippen LogP contribution in [0.2, 0.25) is 5.02 Å². The number of hydrogen-bond donors (Lipinski definition) is 0. The Morgan fingerprint density at radius 2 is 1.95 bits per heavy atom. The fourth-order valence-electron chi connectivity index (χ4n) is 1.91. The normalized spacial score (nSPS) is 13.2. The SMILES string of the molecule is CC(C)(C)C(=O)CC(c1ccc(Cl)cc1)n1cncn1. The lowest BCUT2D eigenvalue weighted by atomic mass is 9.86. The van der Waals surface area contributed by atoms with Gasteiger partial charge >= 0.3 is 0 Å². The van der Waals surface area contributed by atoms with Crippen molar-refractivity contribution in [2.45, 2.75) is 33.2 Å². The van der Waals surface area contributed by atoms with E-state index in [1.54, 1.807) is 11.0 Å². The summed E-state index contributed by atoms with van der Waals surface area (Å²) in [5.41, 5.74) is 0.628. The van der Waals surface area contributed by atoms with Gasteiger partial charge in [-0.25, -0.2) is 9.67 Å². The zero-order valence-electron chi connectivity index (χ0n) is 11.9. The zero-order chi connectivity index (χ0) is 14.8. The van der Waals surface area contributed by atoms with Crippen molar-refractivity contribution in [2.24, 2.45) is 5.41 Å². The number of benzene rings is 1. The smallest absolute Gasteiger partial charge is 0.140 e. The first kappa shape index (κ1) is 14.7. The number of carbonyl (C=O) groups excluding carboxylic acids is 1. The van der Waals surface area contributed by atoms with Crippen molar-refractivity contribution in [3.05, 3.63) is 47.5 Å². The van der Waals surface area contributed by atoms with Crippen LogP contribution in [0, 0.1) is 5.41 Å². The average molecular weight is 292 g/mol. The van der Waals surface area contributed by atoms with E-state index in [0.717, 1.165) is 5.56 Å². The molecule has 0 fully saturated rings. The Kier molecular flexibility index (Phi) is 4.23. The molecule has 0 aliphatic heterocycles. The highest BCUT2D eigenvalue weighted by Gasteiger charge is 2.26. The largest absolute Gasteiger partial charge is 0.299 e. The molecule has 1 unspecified atom stereocenters. The summed E-state index contributed by atoms with van der Waals surface area (Å²) < 4.78 is 1.72. The van der Waals surface area contributed by atoms with Crippen molar-refractivity contribution in [1.29, 1.82) is 0 Å². The third kappa shape index (κ3) is 3.45. The Morgan fingerprint density at radius 1 is 1.30 bits per heavy atom. The van der Waals surface area contributed by atoms with E-state index in [-0.39, 0.29) is 17.2 Å². The first-order valence-electron chi connectivity index (χ1n) is 6.51. The molecule has 0 radical (unpaired) electrons. The Labute approximate surface area is 123 Å². The van der Waals surface area contributed by atoms with Crippen molar-refractivity contribution in [1.82, 2.24) is 14.8 Å². The van der Waals surface area contributed by atoms with Gasteiger partial charge in [-0.2, -0.15) is 5.10 Å². The van der Waals surface area contributed by atoms with E-state index < -0.39 is 0 Å². The second kappa shape index (κ2) is 5.75. The van der Waals surface area contributed by atoms with Gasteiger partial charge in [0.2, 0.25) is 0 Å². The maximum Gasteiger partial charge on any atom is 0.140 e. The van der Waals surface area contributed by atoms with Gasteiger partial charge in [0.25, 0.3) is 0 Å². The molecule has 2 aromatic rings. The van der Waals surface area contributed by atoms with Gasteiger partial charge in [-0.05, 0) is 17.7 Å².